The maximum Gasteiger partial charge on any atom is 0.123 e. The van der Waals surface area contributed by atoms with E-state index in [1.807, 2.05) is 0 Å². The summed E-state index contributed by atoms with van der Waals surface area (Å²) < 4.78 is 0. The van der Waals surface area contributed by atoms with Gasteiger partial charge in [0.2, 0.25) is 0 Å². The third-order valence-corrected chi connectivity index (χ3v) is 1.96. The minimum absolute atomic E-state index is 0.0493. The molecule has 0 aromatic heterocycles. The zero-order valence-corrected chi connectivity index (χ0v) is 13.8. The smallest absolute Gasteiger partial charge is 0.123 e. The van der Waals surface area contributed by atoms with Crippen LogP contribution in [0.15, 0.2) is 11.9 Å². The first-order chi connectivity index (χ1) is 7.14. The topological polar surface area (TPSA) is 48.1 Å². The lowest BCUT2D eigenvalue weighted by Crippen LogP contribution is -2.53. The first-order valence-electron chi connectivity index (χ1n) is 5.90. The highest BCUT2D eigenvalue weighted by Crippen LogP contribution is 1.98. The fourth-order valence-corrected chi connectivity index (χ4v) is 1.26. The van der Waals surface area contributed by atoms with Crippen molar-refractivity contribution in [3.05, 3.63) is 11.9 Å². The largest absolute Gasteiger partial charge is 0.306 e. The molecular formula is C11H28N4Si. The summed E-state index contributed by atoms with van der Waals surface area (Å²) in [4.78, 5) is 0. The molecule has 96 valence electrons. The Morgan fingerprint density at radius 2 is 1.31 bits per heavy atom. The molecule has 0 fully saturated rings. The van der Waals surface area contributed by atoms with E-state index in [1.54, 1.807) is 0 Å². The van der Waals surface area contributed by atoms with E-state index in [4.69, 9.17) is 0 Å². The van der Waals surface area contributed by atoms with Gasteiger partial charge in [0.05, 0.1) is 0 Å². The molecule has 0 heterocycles. The van der Waals surface area contributed by atoms with Gasteiger partial charge in [-0.1, -0.05) is 0 Å². The lowest BCUT2D eigenvalue weighted by molar-refractivity contribution is 0.335. The lowest BCUT2D eigenvalue weighted by Gasteiger charge is -2.27. The van der Waals surface area contributed by atoms with Crippen LogP contribution in [0.1, 0.15) is 41.5 Å². The number of rotatable bonds is 5. The quantitative estimate of drug-likeness (QED) is 0.418. The molecule has 5 heteroatoms. The minimum atomic E-state index is 0.0493. The van der Waals surface area contributed by atoms with E-state index < -0.39 is 0 Å². The van der Waals surface area contributed by atoms with Gasteiger partial charge in [-0.15, -0.1) is 0 Å². The lowest BCUT2D eigenvalue weighted by atomic mass is 10.1. The highest BCUT2D eigenvalue weighted by Gasteiger charge is 2.11. The first-order valence-corrected chi connectivity index (χ1v) is 7.32. The summed E-state index contributed by atoms with van der Waals surface area (Å²) in [6.45, 7) is 12.7. The SMILES string of the molecule is CC(C)(C)NNC(=CC[SiH3])NNC(C)(C)C. The second-order valence-electron chi connectivity index (χ2n) is 6.03. The van der Waals surface area contributed by atoms with Crippen LogP contribution in [-0.2, 0) is 0 Å². The monoisotopic (exact) mass is 244 g/mol. The van der Waals surface area contributed by atoms with Crippen LogP contribution in [0.3, 0.4) is 0 Å². The normalized spacial score (nSPS) is 12.4. The summed E-state index contributed by atoms with van der Waals surface area (Å²) in [6.07, 6.45) is 2.16. The van der Waals surface area contributed by atoms with Gasteiger partial charge in [-0.05, 0) is 53.7 Å². The standard InChI is InChI=1S/C11H28N4Si/c1-10(2,3)14-12-9(7-8-16)13-15-11(4,5)6/h7,12-15H,8H2,1-6,16H3. The molecular weight excluding hydrogens is 216 g/mol. The van der Waals surface area contributed by atoms with Gasteiger partial charge < -0.3 is 10.9 Å². The van der Waals surface area contributed by atoms with Crippen LogP contribution < -0.4 is 21.7 Å². The fourth-order valence-electron chi connectivity index (χ4n) is 0.847. The van der Waals surface area contributed by atoms with E-state index >= 15 is 0 Å². The van der Waals surface area contributed by atoms with Gasteiger partial charge in [0.1, 0.15) is 5.82 Å². The van der Waals surface area contributed by atoms with Gasteiger partial charge >= 0.3 is 0 Å². The molecule has 4 nitrogen and oxygen atoms in total. The van der Waals surface area contributed by atoms with Crippen LogP contribution >= 0.6 is 0 Å². The summed E-state index contributed by atoms with van der Waals surface area (Å²) in [7, 11) is 1.17. The molecule has 0 amide bonds. The van der Waals surface area contributed by atoms with E-state index in [0.717, 1.165) is 11.9 Å². The van der Waals surface area contributed by atoms with Gasteiger partial charge in [-0.3, -0.25) is 0 Å². The van der Waals surface area contributed by atoms with E-state index in [2.05, 4.69) is 69.3 Å². The molecule has 0 spiro atoms. The van der Waals surface area contributed by atoms with Crippen molar-refractivity contribution in [2.24, 2.45) is 0 Å². The van der Waals surface area contributed by atoms with Crippen LogP contribution in [0.4, 0.5) is 0 Å². The van der Waals surface area contributed by atoms with Crippen LogP contribution in [0.25, 0.3) is 0 Å². The number of hydrazine groups is 2. The Kier molecular flexibility index (Phi) is 6.07. The predicted molar refractivity (Wildman–Crippen MR) is 74.9 cm³/mol. The summed E-state index contributed by atoms with van der Waals surface area (Å²) in [5.41, 5.74) is 13.0. The average molecular weight is 244 g/mol. The summed E-state index contributed by atoms with van der Waals surface area (Å²) in [5.74, 6) is 0.986. The second-order valence-corrected chi connectivity index (χ2v) is 6.84. The van der Waals surface area contributed by atoms with Crippen LogP contribution in [-0.4, -0.2) is 21.3 Å². The summed E-state index contributed by atoms with van der Waals surface area (Å²) in [5, 5.41) is 0. The van der Waals surface area contributed by atoms with Crippen molar-refractivity contribution in [2.45, 2.75) is 58.7 Å². The van der Waals surface area contributed by atoms with E-state index in [9.17, 15) is 0 Å². The Morgan fingerprint density at radius 1 is 0.938 bits per heavy atom. The second kappa shape index (κ2) is 6.27. The molecule has 0 aliphatic carbocycles. The molecule has 0 aromatic carbocycles. The van der Waals surface area contributed by atoms with Gasteiger partial charge in [0, 0.05) is 21.3 Å². The van der Waals surface area contributed by atoms with Crippen molar-refractivity contribution >= 4 is 10.2 Å². The Hall–Kier alpha value is -0.523. The number of nitrogens with one attached hydrogen (secondary N) is 4. The van der Waals surface area contributed by atoms with Gasteiger partial charge in [-0.25, -0.2) is 10.9 Å². The predicted octanol–water partition coefficient (Wildman–Crippen LogP) is 0.397. The number of allylic oxidation sites excluding steroid dienone is 1. The van der Waals surface area contributed by atoms with E-state index in [1.165, 1.54) is 10.2 Å². The zero-order valence-electron chi connectivity index (χ0n) is 11.8. The van der Waals surface area contributed by atoms with Gasteiger partial charge in [-0.2, -0.15) is 0 Å². The molecule has 16 heavy (non-hydrogen) atoms. The molecule has 0 unspecified atom stereocenters. The van der Waals surface area contributed by atoms with Gasteiger partial charge in [0.25, 0.3) is 0 Å². The molecule has 0 bridgehead atoms. The molecule has 4 N–H and O–H groups in total. The van der Waals surface area contributed by atoms with Crippen molar-refractivity contribution in [2.75, 3.05) is 0 Å². The fraction of sp³-hybridized carbons (Fsp3) is 0.818. The van der Waals surface area contributed by atoms with E-state index in [-0.39, 0.29) is 11.1 Å². The zero-order chi connectivity index (χ0) is 12.8. The Balaban J connectivity index is 4.15. The van der Waals surface area contributed by atoms with Gasteiger partial charge in [0.15, 0.2) is 0 Å². The molecule has 0 saturated heterocycles. The van der Waals surface area contributed by atoms with Crippen molar-refractivity contribution in [1.82, 2.24) is 21.7 Å². The van der Waals surface area contributed by atoms with Crippen LogP contribution in [0, 0.1) is 0 Å². The molecule has 0 aromatic rings. The van der Waals surface area contributed by atoms with Crippen molar-refractivity contribution in [3.63, 3.8) is 0 Å². The molecule has 0 radical (unpaired) electrons. The molecule has 0 rings (SSSR count). The van der Waals surface area contributed by atoms with Crippen LogP contribution in [0.5, 0.6) is 0 Å². The number of hydrogen-bond acceptors (Lipinski definition) is 4. The highest BCUT2D eigenvalue weighted by molar-refractivity contribution is 6.09. The Morgan fingerprint density at radius 3 is 1.56 bits per heavy atom. The highest BCUT2D eigenvalue weighted by atomic mass is 28.1. The maximum absolute atomic E-state index is 3.24. The maximum atomic E-state index is 3.24. The van der Waals surface area contributed by atoms with E-state index in [0.29, 0.717) is 0 Å². The third kappa shape index (κ3) is 10.0. The summed E-state index contributed by atoms with van der Waals surface area (Å²) in [6, 6.07) is 1.12. The molecule has 0 aliphatic rings. The Bertz CT molecular complexity index is 205. The minimum Gasteiger partial charge on any atom is -0.306 e. The van der Waals surface area contributed by atoms with Crippen molar-refractivity contribution in [3.8, 4) is 0 Å². The van der Waals surface area contributed by atoms with Crippen molar-refractivity contribution in [1.29, 1.82) is 0 Å². The average Bonchev–Trinajstić information content (AvgIpc) is 2.07. The third-order valence-electron chi connectivity index (χ3n) is 1.55. The summed E-state index contributed by atoms with van der Waals surface area (Å²) >= 11 is 0. The van der Waals surface area contributed by atoms with Crippen LogP contribution in [0.2, 0.25) is 6.04 Å². The van der Waals surface area contributed by atoms with Crippen molar-refractivity contribution < 1.29 is 0 Å². The molecule has 0 atom stereocenters. The molecule has 0 saturated carbocycles. The molecule has 0 aliphatic heterocycles. The number of hydrogen-bond donors (Lipinski definition) is 4. The Labute approximate surface area is 103 Å². The first kappa shape index (κ1) is 15.5.